The van der Waals surface area contributed by atoms with Gasteiger partial charge in [0.15, 0.2) is 0 Å². The predicted octanol–water partition coefficient (Wildman–Crippen LogP) is 3.25. The van der Waals surface area contributed by atoms with E-state index >= 15 is 0 Å². The highest BCUT2D eigenvalue weighted by Gasteiger charge is 2.10. The van der Waals surface area contributed by atoms with Crippen LogP contribution in [0.1, 0.15) is 16.7 Å². The third kappa shape index (κ3) is 6.61. The Morgan fingerprint density at radius 2 is 1.73 bits per heavy atom. The Morgan fingerprint density at radius 3 is 2.38 bits per heavy atom. The quantitative estimate of drug-likeness (QED) is 0.726. The summed E-state index contributed by atoms with van der Waals surface area (Å²) in [4.78, 5) is 26.0. The molecule has 2 N–H and O–H groups in total. The molecule has 0 atom stereocenters. The Morgan fingerprint density at radius 1 is 1.04 bits per heavy atom. The highest BCUT2D eigenvalue weighted by molar-refractivity contribution is 9.10. The number of aryl methyl sites for hydroxylation is 2. The number of benzene rings is 2. The van der Waals surface area contributed by atoms with Crippen molar-refractivity contribution in [2.75, 3.05) is 25.5 Å². The SMILES string of the molecule is Cc1ccc(CN(C)CC(=O)NCC(=O)Nc2ccc(Br)cc2C)cc1. The van der Waals surface area contributed by atoms with Gasteiger partial charge in [-0.05, 0) is 50.2 Å². The van der Waals surface area contributed by atoms with Gasteiger partial charge in [-0.15, -0.1) is 0 Å². The van der Waals surface area contributed by atoms with E-state index in [4.69, 9.17) is 0 Å². The van der Waals surface area contributed by atoms with Crippen molar-refractivity contribution in [2.24, 2.45) is 0 Å². The van der Waals surface area contributed by atoms with E-state index in [0.29, 0.717) is 6.54 Å². The smallest absolute Gasteiger partial charge is 0.243 e. The van der Waals surface area contributed by atoms with Crippen LogP contribution in [0.4, 0.5) is 5.69 Å². The first-order valence-electron chi connectivity index (χ1n) is 8.40. The fourth-order valence-corrected chi connectivity index (χ4v) is 2.98. The number of anilines is 1. The topological polar surface area (TPSA) is 61.4 Å². The molecule has 26 heavy (non-hydrogen) atoms. The lowest BCUT2D eigenvalue weighted by atomic mass is 10.1. The zero-order valence-corrected chi connectivity index (χ0v) is 16.9. The molecule has 0 bridgehead atoms. The Bertz CT molecular complexity index is 775. The van der Waals surface area contributed by atoms with E-state index in [0.717, 1.165) is 21.3 Å². The van der Waals surface area contributed by atoms with Gasteiger partial charge < -0.3 is 10.6 Å². The summed E-state index contributed by atoms with van der Waals surface area (Å²) in [6, 6.07) is 13.8. The Hall–Kier alpha value is -2.18. The summed E-state index contributed by atoms with van der Waals surface area (Å²) in [5, 5.41) is 5.46. The molecular formula is C20H24BrN3O2. The standard InChI is InChI=1S/C20H24BrN3O2/c1-14-4-6-16(7-5-14)12-24(3)13-20(26)22-11-19(25)23-18-9-8-17(21)10-15(18)2/h4-10H,11-13H2,1-3H3,(H,22,26)(H,23,25). The van der Waals surface area contributed by atoms with Crippen LogP contribution >= 0.6 is 15.9 Å². The number of nitrogens with zero attached hydrogens (tertiary/aromatic N) is 1. The highest BCUT2D eigenvalue weighted by Crippen LogP contribution is 2.19. The van der Waals surface area contributed by atoms with E-state index in [9.17, 15) is 9.59 Å². The van der Waals surface area contributed by atoms with E-state index in [2.05, 4.69) is 50.8 Å². The summed E-state index contributed by atoms with van der Waals surface area (Å²) >= 11 is 3.39. The Kier molecular flexibility index (Phi) is 7.36. The number of likely N-dealkylation sites (N-methyl/N-ethyl adjacent to an activating group) is 1. The Balaban J connectivity index is 1.75. The van der Waals surface area contributed by atoms with Gasteiger partial charge in [0.1, 0.15) is 0 Å². The van der Waals surface area contributed by atoms with Crippen molar-refractivity contribution in [3.63, 3.8) is 0 Å². The van der Waals surface area contributed by atoms with Gasteiger partial charge >= 0.3 is 0 Å². The van der Waals surface area contributed by atoms with Crippen LogP contribution in [0.15, 0.2) is 46.9 Å². The number of nitrogens with one attached hydrogen (secondary N) is 2. The molecule has 0 heterocycles. The molecule has 2 rings (SSSR count). The lowest BCUT2D eigenvalue weighted by Crippen LogP contribution is -2.39. The predicted molar refractivity (Wildman–Crippen MR) is 108 cm³/mol. The fraction of sp³-hybridized carbons (Fsp3) is 0.300. The lowest BCUT2D eigenvalue weighted by Gasteiger charge is -2.16. The third-order valence-corrected chi connectivity index (χ3v) is 4.39. The van der Waals surface area contributed by atoms with Gasteiger partial charge in [-0.25, -0.2) is 0 Å². The molecule has 0 aromatic heterocycles. The molecule has 0 saturated heterocycles. The second kappa shape index (κ2) is 9.50. The fourth-order valence-electron chi connectivity index (χ4n) is 2.50. The first-order chi connectivity index (χ1) is 12.3. The molecule has 2 aromatic carbocycles. The van der Waals surface area contributed by atoms with Crippen LogP contribution in [0.25, 0.3) is 0 Å². The molecular weight excluding hydrogens is 394 g/mol. The minimum atomic E-state index is -0.245. The van der Waals surface area contributed by atoms with Crippen LogP contribution in [0, 0.1) is 13.8 Å². The van der Waals surface area contributed by atoms with Gasteiger partial charge in [-0.2, -0.15) is 0 Å². The molecule has 0 unspecified atom stereocenters. The number of hydrogen-bond donors (Lipinski definition) is 2. The Labute approximate surface area is 162 Å². The number of carbonyl (C=O) groups excluding carboxylic acids is 2. The maximum Gasteiger partial charge on any atom is 0.243 e. The van der Waals surface area contributed by atoms with Crippen LogP contribution in [0.5, 0.6) is 0 Å². The molecule has 138 valence electrons. The van der Waals surface area contributed by atoms with E-state index in [1.54, 1.807) is 0 Å². The van der Waals surface area contributed by atoms with Crippen molar-refractivity contribution in [2.45, 2.75) is 20.4 Å². The molecule has 0 aliphatic carbocycles. The molecule has 5 nitrogen and oxygen atoms in total. The first kappa shape index (κ1) is 20.1. The molecule has 2 aromatic rings. The zero-order valence-electron chi connectivity index (χ0n) is 15.3. The summed E-state index contributed by atoms with van der Waals surface area (Å²) in [5.41, 5.74) is 4.05. The van der Waals surface area contributed by atoms with E-state index in [1.807, 2.05) is 44.0 Å². The summed E-state index contributed by atoms with van der Waals surface area (Å²) in [6.45, 7) is 4.82. The molecule has 0 aliphatic rings. The number of carbonyl (C=O) groups is 2. The average Bonchev–Trinajstić information content (AvgIpc) is 2.57. The lowest BCUT2D eigenvalue weighted by molar-refractivity contribution is -0.124. The van der Waals surface area contributed by atoms with Gasteiger partial charge in [0.2, 0.25) is 11.8 Å². The summed E-state index contributed by atoms with van der Waals surface area (Å²) in [6.07, 6.45) is 0. The molecule has 2 amide bonds. The van der Waals surface area contributed by atoms with Gasteiger partial charge in [-0.3, -0.25) is 14.5 Å². The number of hydrogen-bond acceptors (Lipinski definition) is 3. The van der Waals surface area contributed by atoms with Crippen LogP contribution in [0.2, 0.25) is 0 Å². The minimum Gasteiger partial charge on any atom is -0.346 e. The number of amides is 2. The van der Waals surface area contributed by atoms with Crippen LogP contribution in [0.3, 0.4) is 0 Å². The van der Waals surface area contributed by atoms with E-state index in [1.165, 1.54) is 5.56 Å². The zero-order chi connectivity index (χ0) is 19.1. The van der Waals surface area contributed by atoms with Crippen molar-refractivity contribution in [3.05, 3.63) is 63.6 Å². The summed E-state index contributed by atoms with van der Waals surface area (Å²) in [5.74, 6) is -0.424. The molecule has 0 radical (unpaired) electrons. The number of halogens is 1. The molecule has 0 fully saturated rings. The van der Waals surface area contributed by atoms with E-state index < -0.39 is 0 Å². The molecule has 6 heteroatoms. The summed E-state index contributed by atoms with van der Waals surface area (Å²) in [7, 11) is 1.88. The van der Waals surface area contributed by atoms with Gasteiger partial charge in [0.05, 0.1) is 13.1 Å². The maximum absolute atomic E-state index is 12.0. The van der Waals surface area contributed by atoms with Crippen molar-refractivity contribution in [3.8, 4) is 0 Å². The van der Waals surface area contributed by atoms with Crippen molar-refractivity contribution in [1.82, 2.24) is 10.2 Å². The first-order valence-corrected chi connectivity index (χ1v) is 9.19. The number of rotatable bonds is 7. The summed E-state index contributed by atoms with van der Waals surface area (Å²) < 4.78 is 0.956. The average molecular weight is 418 g/mol. The van der Waals surface area contributed by atoms with E-state index in [-0.39, 0.29) is 24.9 Å². The normalized spacial score (nSPS) is 10.7. The van der Waals surface area contributed by atoms with Crippen molar-refractivity contribution >= 4 is 33.4 Å². The largest absolute Gasteiger partial charge is 0.346 e. The third-order valence-electron chi connectivity index (χ3n) is 3.90. The molecule has 0 spiro atoms. The molecule has 0 aliphatic heterocycles. The van der Waals surface area contributed by atoms with Crippen molar-refractivity contribution in [1.29, 1.82) is 0 Å². The second-order valence-corrected chi connectivity index (χ2v) is 7.36. The molecule has 0 saturated carbocycles. The second-order valence-electron chi connectivity index (χ2n) is 6.44. The van der Waals surface area contributed by atoms with Crippen LogP contribution in [-0.2, 0) is 16.1 Å². The highest BCUT2D eigenvalue weighted by atomic mass is 79.9. The van der Waals surface area contributed by atoms with Gasteiger partial charge in [0.25, 0.3) is 0 Å². The van der Waals surface area contributed by atoms with Crippen molar-refractivity contribution < 1.29 is 9.59 Å². The maximum atomic E-state index is 12.0. The van der Waals surface area contributed by atoms with Crippen LogP contribution < -0.4 is 10.6 Å². The monoisotopic (exact) mass is 417 g/mol. The minimum absolute atomic E-state index is 0.0489. The van der Waals surface area contributed by atoms with Gasteiger partial charge in [-0.1, -0.05) is 45.8 Å². The van der Waals surface area contributed by atoms with Crippen LogP contribution in [-0.4, -0.2) is 36.9 Å². The van der Waals surface area contributed by atoms with Gasteiger partial charge in [0, 0.05) is 16.7 Å².